The van der Waals surface area contributed by atoms with Gasteiger partial charge in [0, 0.05) is 6.54 Å². The molecule has 122 valence electrons. The lowest BCUT2D eigenvalue weighted by Gasteiger charge is -2.23. The molecule has 1 rings (SSSR count). The monoisotopic (exact) mass is 295 g/mol. The maximum Gasteiger partial charge on any atom is 0.130 e. The van der Waals surface area contributed by atoms with E-state index in [0.29, 0.717) is 0 Å². The van der Waals surface area contributed by atoms with E-state index in [1.54, 1.807) is 13.8 Å². The van der Waals surface area contributed by atoms with Crippen molar-refractivity contribution in [3.63, 3.8) is 0 Å². The smallest absolute Gasteiger partial charge is 0.130 e. The lowest BCUT2D eigenvalue weighted by atomic mass is 9.95. The molecule has 0 unspecified atom stereocenters. The third-order valence-corrected chi connectivity index (χ3v) is 3.50. The summed E-state index contributed by atoms with van der Waals surface area (Å²) < 4.78 is 13.9. The van der Waals surface area contributed by atoms with Crippen LogP contribution in [0.2, 0.25) is 0 Å². The highest BCUT2D eigenvalue weighted by atomic mass is 19.1. The Morgan fingerprint density at radius 3 is 1.95 bits per heavy atom. The lowest BCUT2D eigenvalue weighted by molar-refractivity contribution is 0.221. The molecule has 0 amide bonds. The molecule has 0 aliphatic carbocycles. The van der Waals surface area contributed by atoms with Crippen LogP contribution in [0.1, 0.15) is 71.1 Å². The second kappa shape index (κ2) is 9.94. The number of rotatable bonds is 7. The van der Waals surface area contributed by atoms with Gasteiger partial charge in [-0.1, -0.05) is 45.9 Å². The fraction of sp³-hybridized carbons (Fsp3) is 0.684. The summed E-state index contributed by atoms with van der Waals surface area (Å²) in [6, 6.07) is 6.01. The standard InChI is InChI=1S/C17H28FN.C2H6/c1-6-10-19(11-7-2)13-15-8-9-16(12-14(15)3)17(4,5)18;1-2/h8-9,12H,6-7,10-11,13H2,1-5H3;1-2H3. The van der Waals surface area contributed by atoms with E-state index < -0.39 is 5.67 Å². The van der Waals surface area contributed by atoms with Crippen molar-refractivity contribution < 1.29 is 4.39 Å². The normalized spacial score (nSPS) is 11.3. The molecule has 1 aromatic carbocycles. The van der Waals surface area contributed by atoms with Crippen LogP contribution in [0.25, 0.3) is 0 Å². The van der Waals surface area contributed by atoms with E-state index in [1.807, 2.05) is 26.0 Å². The zero-order valence-corrected chi connectivity index (χ0v) is 15.1. The van der Waals surface area contributed by atoms with Crippen molar-refractivity contribution in [2.45, 2.75) is 73.5 Å². The van der Waals surface area contributed by atoms with Crippen molar-refractivity contribution in [1.29, 1.82) is 0 Å². The molecule has 0 heterocycles. The van der Waals surface area contributed by atoms with Crippen LogP contribution in [-0.4, -0.2) is 18.0 Å². The first-order valence-electron chi connectivity index (χ1n) is 8.39. The van der Waals surface area contributed by atoms with Crippen molar-refractivity contribution in [1.82, 2.24) is 4.90 Å². The second-order valence-electron chi connectivity index (χ2n) is 5.89. The molecular formula is C19H34FN. The minimum atomic E-state index is -1.25. The second-order valence-corrected chi connectivity index (χ2v) is 5.89. The van der Waals surface area contributed by atoms with Gasteiger partial charge in [-0.05, 0) is 63.4 Å². The van der Waals surface area contributed by atoms with E-state index in [0.717, 1.165) is 25.2 Å². The molecule has 0 aliphatic rings. The largest absolute Gasteiger partial charge is 0.299 e. The van der Waals surface area contributed by atoms with Gasteiger partial charge < -0.3 is 0 Å². The zero-order valence-electron chi connectivity index (χ0n) is 15.1. The Kier molecular flexibility index (Phi) is 9.52. The van der Waals surface area contributed by atoms with Crippen molar-refractivity contribution in [2.75, 3.05) is 13.1 Å². The molecule has 0 radical (unpaired) electrons. The average molecular weight is 295 g/mol. The number of halogens is 1. The lowest BCUT2D eigenvalue weighted by Crippen LogP contribution is -2.25. The molecule has 0 atom stereocenters. The van der Waals surface area contributed by atoms with Crippen LogP contribution in [0.5, 0.6) is 0 Å². The molecule has 0 saturated heterocycles. The van der Waals surface area contributed by atoms with Gasteiger partial charge in [0.2, 0.25) is 0 Å². The Morgan fingerprint density at radius 2 is 1.57 bits per heavy atom. The van der Waals surface area contributed by atoms with Gasteiger partial charge in [0.25, 0.3) is 0 Å². The predicted molar refractivity (Wildman–Crippen MR) is 92.5 cm³/mol. The minimum absolute atomic E-state index is 0.770. The Bertz CT molecular complexity index is 387. The molecule has 0 aromatic heterocycles. The van der Waals surface area contributed by atoms with Crippen LogP contribution in [0.3, 0.4) is 0 Å². The van der Waals surface area contributed by atoms with Crippen LogP contribution in [0.15, 0.2) is 18.2 Å². The van der Waals surface area contributed by atoms with E-state index in [9.17, 15) is 4.39 Å². The molecular weight excluding hydrogens is 261 g/mol. The molecule has 0 fully saturated rings. The number of aryl methyl sites for hydroxylation is 1. The molecule has 0 N–H and O–H groups in total. The first-order chi connectivity index (χ1) is 9.88. The summed E-state index contributed by atoms with van der Waals surface area (Å²) in [6.07, 6.45) is 2.35. The number of hydrogen-bond donors (Lipinski definition) is 0. The van der Waals surface area contributed by atoms with Gasteiger partial charge in [-0.2, -0.15) is 0 Å². The molecule has 21 heavy (non-hydrogen) atoms. The molecule has 1 nitrogen and oxygen atoms in total. The Morgan fingerprint density at radius 1 is 1.05 bits per heavy atom. The highest BCUT2D eigenvalue weighted by Gasteiger charge is 2.19. The van der Waals surface area contributed by atoms with Crippen LogP contribution >= 0.6 is 0 Å². The zero-order chi connectivity index (χ0) is 16.5. The number of benzene rings is 1. The maximum atomic E-state index is 13.9. The summed E-state index contributed by atoms with van der Waals surface area (Å²) in [6.45, 7) is 17.0. The number of hydrogen-bond acceptors (Lipinski definition) is 1. The van der Waals surface area contributed by atoms with Crippen LogP contribution < -0.4 is 0 Å². The third kappa shape index (κ3) is 7.08. The maximum absolute atomic E-state index is 13.9. The fourth-order valence-corrected chi connectivity index (χ4v) is 2.39. The quantitative estimate of drug-likeness (QED) is 0.610. The molecule has 2 heteroatoms. The summed E-state index contributed by atoms with van der Waals surface area (Å²) in [5.41, 5.74) is 2.03. The Balaban J connectivity index is 0.00000191. The fourth-order valence-electron chi connectivity index (χ4n) is 2.39. The van der Waals surface area contributed by atoms with E-state index in [-0.39, 0.29) is 0 Å². The summed E-state index contributed by atoms with van der Waals surface area (Å²) in [7, 11) is 0. The third-order valence-electron chi connectivity index (χ3n) is 3.50. The van der Waals surface area contributed by atoms with E-state index >= 15 is 0 Å². The van der Waals surface area contributed by atoms with E-state index in [1.165, 1.54) is 24.0 Å². The van der Waals surface area contributed by atoms with Crippen LogP contribution in [0.4, 0.5) is 4.39 Å². The number of alkyl halides is 1. The molecule has 0 aliphatic heterocycles. The Labute approximate surface area is 131 Å². The Hall–Kier alpha value is -0.890. The van der Waals surface area contributed by atoms with Crippen molar-refractivity contribution in [3.8, 4) is 0 Å². The van der Waals surface area contributed by atoms with Crippen molar-refractivity contribution in [2.24, 2.45) is 0 Å². The predicted octanol–water partition coefficient (Wildman–Crippen LogP) is 5.85. The number of nitrogens with zero attached hydrogens (tertiary/aromatic N) is 1. The molecule has 0 spiro atoms. The van der Waals surface area contributed by atoms with E-state index in [4.69, 9.17) is 0 Å². The summed E-state index contributed by atoms with van der Waals surface area (Å²) in [4.78, 5) is 2.47. The van der Waals surface area contributed by atoms with Gasteiger partial charge in [0.15, 0.2) is 0 Å². The molecule has 0 saturated carbocycles. The average Bonchev–Trinajstić information content (AvgIpc) is 2.42. The molecule has 0 bridgehead atoms. The van der Waals surface area contributed by atoms with Crippen molar-refractivity contribution in [3.05, 3.63) is 34.9 Å². The highest BCUT2D eigenvalue weighted by Crippen LogP contribution is 2.26. The van der Waals surface area contributed by atoms with Gasteiger partial charge in [0.1, 0.15) is 5.67 Å². The SMILES string of the molecule is CC.CCCN(CCC)Cc1ccc(C(C)(C)F)cc1C. The summed E-state index contributed by atoms with van der Waals surface area (Å²) in [5.74, 6) is 0. The van der Waals surface area contributed by atoms with Gasteiger partial charge in [-0.3, -0.25) is 4.90 Å². The summed E-state index contributed by atoms with van der Waals surface area (Å²) >= 11 is 0. The topological polar surface area (TPSA) is 3.24 Å². The van der Waals surface area contributed by atoms with Crippen LogP contribution in [0, 0.1) is 6.92 Å². The van der Waals surface area contributed by atoms with E-state index in [2.05, 4.69) is 31.7 Å². The summed E-state index contributed by atoms with van der Waals surface area (Å²) in [5, 5.41) is 0. The first-order valence-corrected chi connectivity index (χ1v) is 8.39. The highest BCUT2D eigenvalue weighted by molar-refractivity contribution is 5.33. The molecule has 1 aromatic rings. The van der Waals surface area contributed by atoms with Crippen molar-refractivity contribution >= 4 is 0 Å². The van der Waals surface area contributed by atoms with Gasteiger partial charge in [0.05, 0.1) is 0 Å². The van der Waals surface area contributed by atoms with Gasteiger partial charge in [-0.25, -0.2) is 4.39 Å². The first kappa shape index (κ1) is 20.1. The van der Waals surface area contributed by atoms with Crippen LogP contribution in [-0.2, 0) is 12.2 Å². The van der Waals surface area contributed by atoms with Gasteiger partial charge >= 0.3 is 0 Å². The van der Waals surface area contributed by atoms with Gasteiger partial charge in [-0.15, -0.1) is 0 Å². The minimum Gasteiger partial charge on any atom is -0.299 e.